The molecule has 2 atom stereocenters. The summed E-state index contributed by atoms with van der Waals surface area (Å²) in [5, 5.41) is 0. The first-order chi connectivity index (χ1) is 11.9. The minimum Gasteiger partial charge on any atom is -0.497 e. The Kier molecular flexibility index (Phi) is 5.31. The van der Waals surface area contributed by atoms with Crippen LogP contribution in [0.4, 0.5) is 0 Å². The number of nitrogens with two attached hydrogens (primary N) is 1. The van der Waals surface area contributed by atoms with Crippen LogP contribution < -0.4 is 10.5 Å². The van der Waals surface area contributed by atoms with E-state index in [1.165, 1.54) is 11.4 Å². The number of ether oxygens (including phenoxy) is 1. The highest BCUT2D eigenvalue weighted by Gasteiger charge is 2.35. The average molecular weight is 367 g/mol. The average Bonchev–Trinajstić information content (AvgIpc) is 3.07. The molecule has 3 rings (SSSR count). The smallest absolute Gasteiger partial charge is 0.243 e. The summed E-state index contributed by atoms with van der Waals surface area (Å²) in [6.07, 6.45) is 2.47. The van der Waals surface area contributed by atoms with Crippen LogP contribution in [0, 0.1) is 5.92 Å². The topological polar surface area (TPSA) is 92.9 Å². The lowest BCUT2D eigenvalue weighted by molar-refractivity contribution is -0.136. The molecule has 1 aliphatic carbocycles. The lowest BCUT2D eigenvalue weighted by Gasteiger charge is -2.35. The molecule has 0 bridgehead atoms. The normalized spacial score (nSPS) is 25.1. The lowest BCUT2D eigenvalue weighted by Crippen LogP contribution is -2.51. The molecule has 0 radical (unpaired) electrons. The van der Waals surface area contributed by atoms with Crippen LogP contribution >= 0.6 is 0 Å². The number of benzene rings is 1. The monoisotopic (exact) mass is 367 g/mol. The highest BCUT2D eigenvalue weighted by Crippen LogP contribution is 2.27. The molecule has 1 saturated carbocycles. The predicted octanol–water partition coefficient (Wildman–Crippen LogP) is 0.656. The third-order valence-electron chi connectivity index (χ3n) is 5.07. The molecule has 1 aliphatic heterocycles. The van der Waals surface area contributed by atoms with E-state index in [-0.39, 0.29) is 22.8 Å². The highest BCUT2D eigenvalue weighted by molar-refractivity contribution is 7.89. The first kappa shape index (κ1) is 18.2. The number of nitrogens with zero attached hydrogens (tertiary/aromatic N) is 2. The molecular weight excluding hydrogens is 342 g/mol. The quantitative estimate of drug-likeness (QED) is 0.844. The molecule has 0 spiro atoms. The van der Waals surface area contributed by atoms with E-state index >= 15 is 0 Å². The van der Waals surface area contributed by atoms with Crippen molar-refractivity contribution in [2.75, 3.05) is 33.3 Å². The van der Waals surface area contributed by atoms with Gasteiger partial charge >= 0.3 is 0 Å². The zero-order chi connectivity index (χ0) is 18.0. The summed E-state index contributed by atoms with van der Waals surface area (Å²) in [5.74, 6) is 0.735. The molecule has 8 heteroatoms. The first-order valence-electron chi connectivity index (χ1n) is 8.60. The van der Waals surface area contributed by atoms with Gasteiger partial charge in [0.05, 0.1) is 12.0 Å². The maximum Gasteiger partial charge on any atom is 0.243 e. The van der Waals surface area contributed by atoms with Crippen LogP contribution in [0.5, 0.6) is 5.75 Å². The van der Waals surface area contributed by atoms with Crippen LogP contribution in [0.3, 0.4) is 0 Å². The van der Waals surface area contributed by atoms with Crippen molar-refractivity contribution >= 4 is 15.9 Å². The Morgan fingerprint density at radius 2 is 1.76 bits per heavy atom. The van der Waals surface area contributed by atoms with Crippen molar-refractivity contribution in [2.45, 2.75) is 30.2 Å². The van der Waals surface area contributed by atoms with Crippen LogP contribution in [-0.4, -0.2) is 62.9 Å². The second kappa shape index (κ2) is 7.31. The van der Waals surface area contributed by atoms with Crippen molar-refractivity contribution < 1.29 is 17.9 Å². The molecule has 2 aliphatic rings. The number of amides is 1. The Morgan fingerprint density at radius 3 is 2.28 bits per heavy atom. The third kappa shape index (κ3) is 3.80. The fourth-order valence-electron chi connectivity index (χ4n) is 3.54. The van der Waals surface area contributed by atoms with Gasteiger partial charge in [-0.05, 0) is 43.5 Å². The minimum atomic E-state index is -3.54. The van der Waals surface area contributed by atoms with E-state index in [0.717, 1.165) is 19.3 Å². The minimum absolute atomic E-state index is 0.000236. The molecule has 1 aromatic rings. The van der Waals surface area contributed by atoms with E-state index in [0.29, 0.717) is 31.9 Å². The van der Waals surface area contributed by atoms with Gasteiger partial charge in [0.2, 0.25) is 15.9 Å². The number of methoxy groups -OCH3 is 1. The Bertz CT molecular complexity index is 712. The molecular formula is C17H25N3O4S. The molecule has 1 amide bonds. The predicted molar refractivity (Wildman–Crippen MR) is 93.6 cm³/mol. The van der Waals surface area contributed by atoms with Crippen molar-refractivity contribution in [2.24, 2.45) is 11.7 Å². The van der Waals surface area contributed by atoms with Gasteiger partial charge in [-0.1, -0.05) is 0 Å². The summed E-state index contributed by atoms with van der Waals surface area (Å²) in [6.45, 7) is 1.50. The van der Waals surface area contributed by atoms with E-state index < -0.39 is 10.0 Å². The molecule has 1 aromatic carbocycles. The Labute approximate surface area is 148 Å². The van der Waals surface area contributed by atoms with Crippen LogP contribution in [-0.2, 0) is 14.8 Å². The molecule has 2 unspecified atom stereocenters. The number of sulfonamides is 1. The lowest BCUT2D eigenvalue weighted by atomic mass is 10.1. The van der Waals surface area contributed by atoms with E-state index in [2.05, 4.69) is 0 Å². The Balaban J connectivity index is 1.61. The fraction of sp³-hybridized carbons (Fsp3) is 0.588. The molecule has 0 aromatic heterocycles. The number of piperazine rings is 1. The molecule has 2 N–H and O–H groups in total. The summed E-state index contributed by atoms with van der Waals surface area (Å²) in [4.78, 5) is 14.6. The van der Waals surface area contributed by atoms with Gasteiger partial charge in [-0.3, -0.25) is 4.79 Å². The van der Waals surface area contributed by atoms with Crippen molar-refractivity contribution in [1.29, 1.82) is 0 Å². The van der Waals surface area contributed by atoms with Gasteiger partial charge < -0.3 is 15.4 Å². The van der Waals surface area contributed by atoms with Gasteiger partial charge in [-0.15, -0.1) is 0 Å². The zero-order valence-corrected chi connectivity index (χ0v) is 15.2. The molecule has 1 heterocycles. The molecule has 2 fully saturated rings. The van der Waals surface area contributed by atoms with Gasteiger partial charge in [0.25, 0.3) is 0 Å². The van der Waals surface area contributed by atoms with E-state index in [1.54, 1.807) is 29.2 Å². The maximum absolute atomic E-state index is 12.7. The van der Waals surface area contributed by atoms with E-state index in [4.69, 9.17) is 10.5 Å². The Morgan fingerprint density at radius 1 is 1.12 bits per heavy atom. The van der Waals surface area contributed by atoms with Crippen LogP contribution in [0.25, 0.3) is 0 Å². The van der Waals surface area contributed by atoms with Gasteiger partial charge in [0.15, 0.2) is 0 Å². The number of carbonyl (C=O) groups is 1. The number of rotatable bonds is 4. The number of carbonyl (C=O) groups excluding carboxylic acids is 1. The Hall–Kier alpha value is -1.64. The maximum atomic E-state index is 12.7. The summed E-state index contributed by atoms with van der Waals surface area (Å²) in [5.41, 5.74) is 5.89. The van der Waals surface area contributed by atoms with Crippen LogP contribution in [0.15, 0.2) is 29.2 Å². The SMILES string of the molecule is COc1ccc(S(=O)(=O)N2CCN(C(=O)C3CCC(N)C3)CC2)cc1. The van der Waals surface area contributed by atoms with Crippen LogP contribution in [0.1, 0.15) is 19.3 Å². The first-order valence-corrected chi connectivity index (χ1v) is 10.0. The summed E-state index contributed by atoms with van der Waals surface area (Å²) >= 11 is 0. The second-order valence-electron chi connectivity index (χ2n) is 6.67. The van der Waals surface area contributed by atoms with Crippen LogP contribution in [0.2, 0.25) is 0 Å². The van der Waals surface area contributed by atoms with Gasteiger partial charge in [0.1, 0.15) is 5.75 Å². The molecule has 1 saturated heterocycles. The fourth-order valence-corrected chi connectivity index (χ4v) is 4.97. The standard InChI is InChI=1S/C17H25N3O4S/c1-24-15-4-6-16(7-5-15)25(22,23)20-10-8-19(9-11-20)17(21)13-2-3-14(18)12-13/h4-7,13-14H,2-3,8-12,18H2,1H3. The molecule has 25 heavy (non-hydrogen) atoms. The zero-order valence-electron chi connectivity index (χ0n) is 14.4. The number of hydrogen-bond donors (Lipinski definition) is 1. The van der Waals surface area contributed by atoms with Crippen molar-refractivity contribution in [3.63, 3.8) is 0 Å². The van der Waals surface area contributed by atoms with Crippen molar-refractivity contribution in [3.8, 4) is 5.75 Å². The largest absolute Gasteiger partial charge is 0.497 e. The highest BCUT2D eigenvalue weighted by atomic mass is 32.2. The van der Waals surface area contributed by atoms with Crippen molar-refractivity contribution in [1.82, 2.24) is 9.21 Å². The molecule has 138 valence electrons. The molecule has 7 nitrogen and oxygen atoms in total. The van der Waals surface area contributed by atoms with Gasteiger partial charge in [-0.25, -0.2) is 8.42 Å². The summed E-state index contributed by atoms with van der Waals surface area (Å²) in [6, 6.07) is 6.48. The second-order valence-corrected chi connectivity index (χ2v) is 8.61. The van der Waals surface area contributed by atoms with Gasteiger partial charge in [-0.2, -0.15) is 4.31 Å². The summed E-state index contributed by atoms with van der Waals surface area (Å²) in [7, 11) is -2.01. The third-order valence-corrected chi connectivity index (χ3v) is 6.98. The van der Waals surface area contributed by atoms with E-state index in [1.807, 2.05) is 0 Å². The summed E-state index contributed by atoms with van der Waals surface area (Å²) < 4.78 is 32.0. The van der Waals surface area contributed by atoms with E-state index in [9.17, 15) is 13.2 Å². The van der Waals surface area contributed by atoms with Crippen molar-refractivity contribution in [3.05, 3.63) is 24.3 Å². The number of hydrogen-bond acceptors (Lipinski definition) is 5. The van der Waals surface area contributed by atoms with Gasteiger partial charge in [0, 0.05) is 38.1 Å².